The summed E-state index contributed by atoms with van der Waals surface area (Å²) in [4.78, 5) is 43.3. The largest absolute Gasteiger partial charge is 0.439 e. The molecule has 0 saturated carbocycles. The number of carbonyl (C=O) groups excluding carboxylic acids is 2. The molecule has 5 rings (SSSR count). The molecule has 0 radical (unpaired) electrons. The molecule has 1 unspecified atom stereocenters. The van der Waals surface area contributed by atoms with Gasteiger partial charge in [-0.05, 0) is 42.3 Å². The summed E-state index contributed by atoms with van der Waals surface area (Å²) in [5, 5.41) is 10.7. The van der Waals surface area contributed by atoms with Crippen LogP contribution in [0.4, 0.5) is 11.4 Å². The molecule has 37 heavy (non-hydrogen) atoms. The topological polar surface area (TPSA) is 133 Å². The van der Waals surface area contributed by atoms with Gasteiger partial charge in [0.2, 0.25) is 5.91 Å². The molecule has 0 saturated heterocycles. The van der Waals surface area contributed by atoms with Crippen molar-refractivity contribution >= 4 is 45.7 Å². The Morgan fingerprint density at radius 2 is 1.78 bits per heavy atom. The predicted molar refractivity (Wildman–Crippen MR) is 142 cm³/mol. The Hall–Kier alpha value is -4.63. The van der Waals surface area contributed by atoms with Gasteiger partial charge in [-0.2, -0.15) is 0 Å². The fourth-order valence-electron chi connectivity index (χ4n) is 4.22. The number of anilines is 2. The second kappa shape index (κ2) is 10.2. The van der Waals surface area contributed by atoms with Gasteiger partial charge in [-0.15, -0.1) is 0 Å². The van der Waals surface area contributed by atoms with Gasteiger partial charge in [0.1, 0.15) is 5.69 Å². The molecule has 10 heteroatoms. The number of rotatable bonds is 7. The summed E-state index contributed by atoms with van der Waals surface area (Å²) in [6.45, 7) is 1.97. The molecule has 3 aromatic carbocycles. The third kappa shape index (κ3) is 5.03. The average molecular weight is 516 g/mol. The zero-order valence-corrected chi connectivity index (χ0v) is 20.4. The molecular formula is C27H22ClN5O4. The highest BCUT2D eigenvalue weighted by molar-refractivity contribution is 6.31. The van der Waals surface area contributed by atoms with E-state index < -0.39 is 11.7 Å². The highest BCUT2D eigenvalue weighted by Gasteiger charge is 2.21. The van der Waals surface area contributed by atoms with Crippen LogP contribution in [-0.4, -0.2) is 26.9 Å². The van der Waals surface area contributed by atoms with Crippen LogP contribution in [0.15, 0.2) is 82.1 Å². The maximum absolute atomic E-state index is 13.2. The van der Waals surface area contributed by atoms with Gasteiger partial charge in [-0.3, -0.25) is 19.1 Å². The smallest absolute Gasteiger partial charge is 0.349 e. The fourth-order valence-corrected chi connectivity index (χ4v) is 4.39. The van der Waals surface area contributed by atoms with Crippen molar-refractivity contribution < 1.29 is 14.1 Å². The Kier molecular flexibility index (Phi) is 6.61. The fraction of sp³-hybridized carbons (Fsp3) is 0.111. The van der Waals surface area contributed by atoms with E-state index in [0.717, 1.165) is 10.9 Å². The highest BCUT2D eigenvalue weighted by atomic mass is 35.5. The van der Waals surface area contributed by atoms with Gasteiger partial charge >= 0.3 is 5.76 Å². The highest BCUT2D eigenvalue weighted by Crippen LogP contribution is 2.30. The molecule has 2 heterocycles. The predicted octanol–water partition coefficient (Wildman–Crippen LogP) is 5.55. The number of halogens is 1. The molecule has 0 aliphatic carbocycles. The van der Waals surface area contributed by atoms with Crippen LogP contribution in [0, 0.1) is 0 Å². The van der Waals surface area contributed by atoms with E-state index >= 15 is 0 Å². The molecule has 0 aliphatic rings. The van der Waals surface area contributed by atoms with Crippen LogP contribution >= 0.6 is 11.6 Å². The second-order valence-corrected chi connectivity index (χ2v) is 8.84. The second-order valence-electron chi connectivity index (χ2n) is 8.40. The lowest BCUT2D eigenvalue weighted by Gasteiger charge is -2.16. The minimum atomic E-state index is -0.727. The molecule has 2 amide bonds. The van der Waals surface area contributed by atoms with Crippen LogP contribution in [0.5, 0.6) is 0 Å². The summed E-state index contributed by atoms with van der Waals surface area (Å²) >= 11 is 6.11. The first-order valence-electron chi connectivity index (χ1n) is 11.6. The van der Waals surface area contributed by atoms with Gasteiger partial charge in [-0.25, -0.2) is 4.79 Å². The zero-order chi connectivity index (χ0) is 25.9. The number of amides is 2. The number of hydrogen-bond acceptors (Lipinski definition) is 5. The minimum Gasteiger partial charge on any atom is -0.349 e. The van der Waals surface area contributed by atoms with E-state index in [2.05, 4.69) is 30.3 Å². The number of carbonyl (C=O) groups is 2. The van der Waals surface area contributed by atoms with E-state index in [0.29, 0.717) is 33.9 Å². The average Bonchev–Trinajstić information content (AvgIpc) is 3.53. The SMILES string of the molecule is CCC(C(=O)Nc1cccc2cc(C(=O)Nc3ccc(Cl)cc3-c3noc(=O)[nH]3)[nH]c12)c1ccccc1. The summed E-state index contributed by atoms with van der Waals surface area (Å²) in [6, 6.07) is 21.5. The van der Waals surface area contributed by atoms with Crippen LogP contribution in [-0.2, 0) is 4.79 Å². The number of fused-ring (bicyclic) bond motifs is 1. The van der Waals surface area contributed by atoms with Crippen LogP contribution in [0.25, 0.3) is 22.3 Å². The number of para-hydroxylation sites is 1. The third-order valence-electron chi connectivity index (χ3n) is 6.01. The Labute approximate surface area is 215 Å². The molecule has 9 nitrogen and oxygen atoms in total. The molecule has 186 valence electrons. The molecule has 1 atom stereocenters. The van der Waals surface area contributed by atoms with E-state index in [1.165, 1.54) is 0 Å². The molecule has 0 aliphatic heterocycles. The standard InChI is InChI=1S/C27H22ClN5O4/c1-2-18(15-7-4-3-5-8-15)25(34)31-21-10-6-9-16-13-22(29-23(16)21)26(35)30-20-12-11-17(28)14-19(20)24-32-27(36)37-33-24/h3-14,18,29H,2H2,1H3,(H,30,35)(H,31,34)(H,32,33,36). The Bertz CT molecular complexity index is 1650. The molecular weight excluding hydrogens is 494 g/mol. The van der Waals surface area contributed by atoms with Gasteiger partial charge in [-0.1, -0.05) is 66.1 Å². The van der Waals surface area contributed by atoms with Crippen molar-refractivity contribution in [3.63, 3.8) is 0 Å². The lowest BCUT2D eigenvalue weighted by Crippen LogP contribution is -2.20. The molecule has 0 fully saturated rings. The van der Waals surface area contributed by atoms with Gasteiger partial charge < -0.3 is 15.6 Å². The Balaban J connectivity index is 1.41. The van der Waals surface area contributed by atoms with Crippen molar-refractivity contribution in [2.75, 3.05) is 10.6 Å². The van der Waals surface area contributed by atoms with Gasteiger partial charge in [0.05, 0.1) is 22.8 Å². The maximum atomic E-state index is 13.2. The summed E-state index contributed by atoms with van der Waals surface area (Å²) in [7, 11) is 0. The lowest BCUT2D eigenvalue weighted by atomic mass is 9.95. The molecule has 5 aromatic rings. The van der Waals surface area contributed by atoms with Crippen LogP contribution in [0.3, 0.4) is 0 Å². The monoisotopic (exact) mass is 515 g/mol. The number of hydrogen-bond donors (Lipinski definition) is 4. The van der Waals surface area contributed by atoms with Gasteiger partial charge in [0.15, 0.2) is 5.82 Å². The molecule has 2 aromatic heterocycles. The van der Waals surface area contributed by atoms with E-state index in [4.69, 9.17) is 11.6 Å². The number of aromatic amines is 2. The van der Waals surface area contributed by atoms with Crippen molar-refractivity contribution in [2.24, 2.45) is 0 Å². The summed E-state index contributed by atoms with van der Waals surface area (Å²) in [5.41, 5.74) is 3.18. The molecule has 0 bridgehead atoms. The van der Waals surface area contributed by atoms with E-state index in [-0.39, 0.29) is 23.3 Å². The Morgan fingerprint density at radius 1 is 0.973 bits per heavy atom. The molecule has 0 spiro atoms. The normalized spacial score (nSPS) is 11.8. The minimum absolute atomic E-state index is 0.130. The quantitative estimate of drug-likeness (QED) is 0.225. The zero-order valence-electron chi connectivity index (χ0n) is 19.7. The van der Waals surface area contributed by atoms with E-state index in [9.17, 15) is 14.4 Å². The van der Waals surface area contributed by atoms with Gasteiger partial charge in [0, 0.05) is 16.0 Å². The van der Waals surface area contributed by atoms with Crippen LogP contribution < -0.4 is 16.4 Å². The van der Waals surface area contributed by atoms with Crippen LogP contribution in [0.1, 0.15) is 35.3 Å². The van der Waals surface area contributed by atoms with E-state index in [1.807, 2.05) is 49.4 Å². The first kappa shape index (κ1) is 24.1. The third-order valence-corrected chi connectivity index (χ3v) is 6.25. The number of H-pyrrole nitrogens is 2. The van der Waals surface area contributed by atoms with Crippen molar-refractivity contribution in [3.05, 3.63) is 99.6 Å². The Morgan fingerprint density at radius 3 is 2.51 bits per heavy atom. The maximum Gasteiger partial charge on any atom is 0.439 e. The van der Waals surface area contributed by atoms with Crippen molar-refractivity contribution in [1.82, 2.24) is 15.1 Å². The summed E-state index contributed by atoms with van der Waals surface area (Å²) < 4.78 is 4.58. The number of aromatic nitrogens is 3. The number of nitrogens with zero attached hydrogens (tertiary/aromatic N) is 1. The first-order valence-corrected chi connectivity index (χ1v) is 12.0. The molecule has 4 N–H and O–H groups in total. The van der Waals surface area contributed by atoms with Crippen LogP contribution in [0.2, 0.25) is 5.02 Å². The van der Waals surface area contributed by atoms with Crippen molar-refractivity contribution in [2.45, 2.75) is 19.3 Å². The summed E-state index contributed by atoms with van der Waals surface area (Å²) in [6.07, 6.45) is 0.643. The first-order chi connectivity index (χ1) is 17.9. The van der Waals surface area contributed by atoms with Gasteiger partial charge in [0.25, 0.3) is 5.91 Å². The number of benzene rings is 3. The van der Waals surface area contributed by atoms with Crippen molar-refractivity contribution in [3.8, 4) is 11.4 Å². The van der Waals surface area contributed by atoms with Crippen molar-refractivity contribution in [1.29, 1.82) is 0 Å². The summed E-state index contributed by atoms with van der Waals surface area (Å²) in [5.74, 6) is -1.46. The van der Waals surface area contributed by atoms with E-state index in [1.54, 1.807) is 30.3 Å². The lowest BCUT2D eigenvalue weighted by molar-refractivity contribution is -0.117. The number of nitrogens with one attached hydrogen (secondary N) is 4.